The second-order valence-electron chi connectivity index (χ2n) is 4.38. The van der Waals surface area contributed by atoms with E-state index in [4.69, 9.17) is 22.1 Å². The molecular formula is C12H16ClN3O2. The quantitative estimate of drug-likeness (QED) is 0.867. The Bertz CT molecular complexity index is 439. The third kappa shape index (κ3) is 2.80. The van der Waals surface area contributed by atoms with E-state index in [0.29, 0.717) is 30.3 Å². The van der Waals surface area contributed by atoms with E-state index >= 15 is 0 Å². The van der Waals surface area contributed by atoms with Crippen molar-refractivity contribution in [3.63, 3.8) is 0 Å². The van der Waals surface area contributed by atoms with Crippen molar-refractivity contribution in [3.05, 3.63) is 29.0 Å². The number of carbonyl (C=O) groups excluding carboxylic acids is 1. The standard InChI is InChI=1S/C12H16ClN3O2/c1-8(14)11-7-16(4-5-18-11)12(17)9-2-3-15-6-10(9)13/h2-3,6,8,11H,4-5,7,14H2,1H3. The molecule has 98 valence electrons. The molecule has 2 heterocycles. The number of rotatable bonds is 2. The Morgan fingerprint density at radius 1 is 1.72 bits per heavy atom. The van der Waals surface area contributed by atoms with Gasteiger partial charge in [0.25, 0.3) is 5.91 Å². The van der Waals surface area contributed by atoms with Crippen LogP contribution in [0.4, 0.5) is 0 Å². The van der Waals surface area contributed by atoms with Crippen LogP contribution in [0.25, 0.3) is 0 Å². The summed E-state index contributed by atoms with van der Waals surface area (Å²) in [5.74, 6) is -0.101. The van der Waals surface area contributed by atoms with Crippen LogP contribution >= 0.6 is 11.6 Å². The van der Waals surface area contributed by atoms with E-state index in [1.165, 1.54) is 6.20 Å². The SMILES string of the molecule is CC(N)C1CN(C(=O)c2ccncc2Cl)CCO1. The summed E-state index contributed by atoms with van der Waals surface area (Å²) in [4.78, 5) is 17.9. The van der Waals surface area contributed by atoms with E-state index < -0.39 is 0 Å². The van der Waals surface area contributed by atoms with E-state index in [-0.39, 0.29) is 18.1 Å². The molecule has 1 aliphatic heterocycles. The molecule has 0 aromatic carbocycles. The Balaban J connectivity index is 2.12. The van der Waals surface area contributed by atoms with Crippen molar-refractivity contribution in [2.75, 3.05) is 19.7 Å². The van der Waals surface area contributed by atoms with Crippen LogP contribution in [0, 0.1) is 0 Å². The first kappa shape index (κ1) is 13.3. The van der Waals surface area contributed by atoms with Gasteiger partial charge in [-0.2, -0.15) is 0 Å². The van der Waals surface area contributed by atoms with Crippen molar-refractivity contribution in [1.82, 2.24) is 9.88 Å². The summed E-state index contributed by atoms with van der Waals surface area (Å²) in [6, 6.07) is 1.52. The number of ether oxygens (including phenoxy) is 1. The molecule has 2 unspecified atom stereocenters. The molecule has 1 aliphatic rings. The molecule has 1 fully saturated rings. The number of nitrogens with zero attached hydrogens (tertiary/aromatic N) is 2. The molecule has 2 rings (SSSR count). The summed E-state index contributed by atoms with van der Waals surface area (Å²) in [6.45, 7) is 3.43. The van der Waals surface area contributed by atoms with Crippen LogP contribution in [0.2, 0.25) is 5.02 Å². The zero-order valence-electron chi connectivity index (χ0n) is 10.2. The fourth-order valence-corrected chi connectivity index (χ4v) is 2.10. The van der Waals surface area contributed by atoms with Gasteiger partial charge in [0, 0.05) is 31.5 Å². The third-order valence-corrected chi connectivity index (χ3v) is 3.27. The molecule has 0 aliphatic carbocycles. The fraction of sp³-hybridized carbons (Fsp3) is 0.500. The maximum absolute atomic E-state index is 12.3. The van der Waals surface area contributed by atoms with Gasteiger partial charge in [-0.25, -0.2) is 0 Å². The number of hydrogen-bond acceptors (Lipinski definition) is 4. The minimum absolute atomic E-state index is 0.101. The van der Waals surface area contributed by atoms with E-state index in [1.54, 1.807) is 17.2 Å². The maximum Gasteiger partial charge on any atom is 0.255 e. The average Bonchev–Trinajstić information content (AvgIpc) is 2.38. The van der Waals surface area contributed by atoms with Crippen LogP contribution in [0.3, 0.4) is 0 Å². The third-order valence-electron chi connectivity index (χ3n) is 2.97. The van der Waals surface area contributed by atoms with Crippen molar-refractivity contribution in [1.29, 1.82) is 0 Å². The van der Waals surface area contributed by atoms with Gasteiger partial charge in [-0.05, 0) is 13.0 Å². The number of nitrogens with two attached hydrogens (primary N) is 1. The minimum atomic E-state index is -0.122. The predicted octanol–water partition coefficient (Wildman–Crippen LogP) is 0.923. The van der Waals surface area contributed by atoms with Crippen LogP contribution in [0.5, 0.6) is 0 Å². The van der Waals surface area contributed by atoms with Gasteiger partial charge in [-0.3, -0.25) is 9.78 Å². The van der Waals surface area contributed by atoms with Gasteiger partial charge in [0.15, 0.2) is 0 Å². The van der Waals surface area contributed by atoms with Crippen molar-refractivity contribution in [3.8, 4) is 0 Å². The van der Waals surface area contributed by atoms with Crippen LogP contribution < -0.4 is 5.73 Å². The van der Waals surface area contributed by atoms with Gasteiger partial charge >= 0.3 is 0 Å². The summed E-state index contributed by atoms with van der Waals surface area (Å²) in [5, 5.41) is 0.367. The highest BCUT2D eigenvalue weighted by Crippen LogP contribution is 2.18. The number of aromatic nitrogens is 1. The minimum Gasteiger partial charge on any atom is -0.373 e. The highest BCUT2D eigenvalue weighted by Gasteiger charge is 2.27. The Labute approximate surface area is 111 Å². The number of carbonyl (C=O) groups is 1. The van der Waals surface area contributed by atoms with E-state index in [9.17, 15) is 4.79 Å². The molecule has 1 amide bonds. The molecule has 1 aromatic rings. The predicted molar refractivity (Wildman–Crippen MR) is 68.5 cm³/mol. The highest BCUT2D eigenvalue weighted by molar-refractivity contribution is 6.33. The molecule has 18 heavy (non-hydrogen) atoms. The van der Waals surface area contributed by atoms with Crippen molar-refractivity contribution in [2.45, 2.75) is 19.1 Å². The monoisotopic (exact) mass is 269 g/mol. The molecule has 2 N–H and O–H groups in total. The largest absolute Gasteiger partial charge is 0.373 e. The average molecular weight is 270 g/mol. The second kappa shape index (κ2) is 5.65. The zero-order chi connectivity index (χ0) is 13.1. The zero-order valence-corrected chi connectivity index (χ0v) is 10.9. The molecule has 1 saturated heterocycles. The van der Waals surface area contributed by atoms with Gasteiger partial charge in [-0.1, -0.05) is 11.6 Å². The summed E-state index contributed by atoms with van der Waals surface area (Å²) >= 11 is 5.97. The lowest BCUT2D eigenvalue weighted by Crippen LogP contribution is -2.51. The normalized spacial score (nSPS) is 21.7. The van der Waals surface area contributed by atoms with Crippen molar-refractivity contribution in [2.24, 2.45) is 5.73 Å². The van der Waals surface area contributed by atoms with E-state index in [2.05, 4.69) is 4.98 Å². The van der Waals surface area contributed by atoms with Crippen LogP contribution in [-0.2, 0) is 4.74 Å². The summed E-state index contributed by atoms with van der Waals surface area (Å²) in [7, 11) is 0. The van der Waals surface area contributed by atoms with Gasteiger partial charge in [0.05, 0.1) is 23.3 Å². The molecule has 0 spiro atoms. The van der Waals surface area contributed by atoms with E-state index in [0.717, 1.165) is 0 Å². The first-order valence-electron chi connectivity index (χ1n) is 5.85. The van der Waals surface area contributed by atoms with Gasteiger partial charge in [-0.15, -0.1) is 0 Å². The van der Waals surface area contributed by atoms with Crippen LogP contribution in [0.15, 0.2) is 18.5 Å². The smallest absolute Gasteiger partial charge is 0.255 e. The number of hydrogen-bond donors (Lipinski definition) is 1. The van der Waals surface area contributed by atoms with Crippen molar-refractivity contribution < 1.29 is 9.53 Å². The Morgan fingerprint density at radius 2 is 2.50 bits per heavy atom. The number of amides is 1. The number of morpholine rings is 1. The first-order valence-corrected chi connectivity index (χ1v) is 6.23. The molecule has 1 aromatic heterocycles. The van der Waals surface area contributed by atoms with Gasteiger partial charge < -0.3 is 15.4 Å². The Morgan fingerprint density at radius 3 is 3.17 bits per heavy atom. The molecule has 2 atom stereocenters. The van der Waals surface area contributed by atoms with Crippen LogP contribution in [0.1, 0.15) is 17.3 Å². The van der Waals surface area contributed by atoms with Gasteiger partial charge in [0.1, 0.15) is 0 Å². The highest BCUT2D eigenvalue weighted by atomic mass is 35.5. The Hall–Kier alpha value is -1.17. The molecule has 6 heteroatoms. The molecule has 0 saturated carbocycles. The van der Waals surface area contributed by atoms with Crippen molar-refractivity contribution >= 4 is 17.5 Å². The lowest BCUT2D eigenvalue weighted by atomic mass is 10.1. The van der Waals surface area contributed by atoms with Gasteiger partial charge in [0.2, 0.25) is 0 Å². The van der Waals surface area contributed by atoms with Crippen LogP contribution in [-0.4, -0.2) is 47.6 Å². The second-order valence-corrected chi connectivity index (χ2v) is 4.78. The summed E-state index contributed by atoms with van der Waals surface area (Å²) < 4.78 is 5.52. The molecule has 0 radical (unpaired) electrons. The number of halogens is 1. The summed E-state index contributed by atoms with van der Waals surface area (Å²) in [6.07, 6.45) is 2.91. The molecule has 0 bridgehead atoms. The number of pyridine rings is 1. The maximum atomic E-state index is 12.3. The topological polar surface area (TPSA) is 68.5 Å². The molecular weight excluding hydrogens is 254 g/mol. The fourth-order valence-electron chi connectivity index (χ4n) is 1.90. The first-order chi connectivity index (χ1) is 8.59. The lowest BCUT2D eigenvalue weighted by molar-refractivity contribution is -0.0300. The lowest BCUT2D eigenvalue weighted by Gasteiger charge is -2.34. The van der Waals surface area contributed by atoms with E-state index in [1.807, 2.05) is 6.92 Å². The molecule has 5 nitrogen and oxygen atoms in total. The Kier molecular flexibility index (Phi) is 4.16. The summed E-state index contributed by atoms with van der Waals surface area (Å²) in [5.41, 5.74) is 6.27.